The number of nitrogens with zero attached hydrogens (tertiary/aromatic N) is 4. The molecule has 1 aromatic carbocycles. The summed E-state index contributed by atoms with van der Waals surface area (Å²) < 4.78 is 0. The molecule has 154 valence electrons. The van der Waals surface area contributed by atoms with Crippen molar-refractivity contribution in [2.45, 2.75) is 43.1 Å². The normalized spacial score (nSPS) is 21.9. The van der Waals surface area contributed by atoms with Crippen LogP contribution in [0.15, 0.2) is 57.6 Å². The molecule has 8 heteroatoms. The molecule has 0 saturated carbocycles. The highest BCUT2D eigenvalue weighted by Gasteiger charge is 2.48. The third-order valence-corrected chi connectivity index (χ3v) is 6.80. The fraction of sp³-hybridized carbons (Fsp3) is 0.381. The summed E-state index contributed by atoms with van der Waals surface area (Å²) in [6, 6.07) is 9.64. The summed E-state index contributed by atoms with van der Waals surface area (Å²) in [7, 11) is 0. The van der Waals surface area contributed by atoms with Crippen molar-refractivity contribution in [2.75, 3.05) is 6.54 Å². The lowest BCUT2D eigenvalue weighted by Crippen LogP contribution is -2.49. The Morgan fingerprint density at radius 1 is 1.24 bits per heavy atom. The topological polar surface area (TPSA) is 66.9 Å². The number of benzene rings is 1. The quantitative estimate of drug-likeness (QED) is 0.470. The highest BCUT2D eigenvalue weighted by atomic mass is 35.5. The van der Waals surface area contributed by atoms with Gasteiger partial charge in [0.15, 0.2) is 0 Å². The zero-order valence-corrected chi connectivity index (χ0v) is 19.0. The molecule has 0 saturated heterocycles. The molecule has 2 atom stereocenters. The van der Waals surface area contributed by atoms with Gasteiger partial charge in [0.2, 0.25) is 0 Å². The van der Waals surface area contributed by atoms with Crippen LogP contribution in [0.4, 0.5) is 0 Å². The Balaban J connectivity index is 1.98. The molecule has 1 aliphatic rings. The summed E-state index contributed by atoms with van der Waals surface area (Å²) in [5.74, 6) is 0.804. The largest absolute Gasteiger partial charge is 0.388 e. The highest BCUT2D eigenvalue weighted by Crippen LogP contribution is 2.44. The first-order chi connectivity index (χ1) is 13.8. The van der Waals surface area contributed by atoms with E-state index in [-0.39, 0.29) is 11.3 Å². The zero-order valence-electron chi connectivity index (χ0n) is 16.7. The second-order valence-electron chi connectivity index (χ2n) is 7.45. The predicted molar refractivity (Wildman–Crippen MR) is 124 cm³/mol. The molecule has 29 heavy (non-hydrogen) atoms. The summed E-state index contributed by atoms with van der Waals surface area (Å²) in [5, 5.41) is 1.24. The molecular formula is C21H25Cl2N5S. The van der Waals surface area contributed by atoms with E-state index in [2.05, 4.69) is 28.7 Å². The molecule has 2 unspecified atom stereocenters. The van der Waals surface area contributed by atoms with E-state index in [1.54, 1.807) is 37.1 Å². The average Bonchev–Trinajstić information content (AvgIpc) is 2.99. The van der Waals surface area contributed by atoms with Gasteiger partial charge in [-0.3, -0.25) is 15.0 Å². The van der Waals surface area contributed by atoms with Crippen molar-refractivity contribution in [1.82, 2.24) is 9.88 Å². The van der Waals surface area contributed by atoms with Gasteiger partial charge < -0.3 is 10.6 Å². The first-order valence-corrected chi connectivity index (χ1v) is 11.0. The predicted octanol–water partition coefficient (Wildman–Crippen LogP) is 5.12. The van der Waals surface area contributed by atoms with Crippen LogP contribution in [0.25, 0.3) is 0 Å². The third-order valence-electron chi connectivity index (χ3n) is 4.96. The molecular weight excluding hydrogens is 425 g/mol. The Kier molecular flexibility index (Phi) is 7.09. The Hall–Kier alpha value is -1.76. The van der Waals surface area contributed by atoms with Crippen LogP contribution in [0, 0.1) is 5.92 Å². The van der Waals surface area contributed by atoms with Crippen molar-refractivity contribution < 1.29 is 0 Å². The number of aliphatic imine (C=N–C) groups is 2. The number of hydrogen-bond donors (Lipinski definition) is 1. The summed E-state index contributed by atoms with van der Waals surface area (Å²) in [4.78, 5) is 16.9. The van der Waals surface area contributed by atoms with Gasteiger partial charge in [-0.25, -0.2) is 0 Å². The van der Waals surface area contributed by atoms with E-state index < -0.39 is 5.54 Å². The van der Waals surface area contributed by atoms with Crippen molar-refractivity contribution in [2.24, 2.45) is 21.6 Å². The SMILES string of the molecule is CC(N)=NCC1(C(C)C)N=CN(Cc2ccncc2)C1Sc1cc(Cl)cc(Cl)c1. The lowest BCUT2D eigenvalue weighted by Gasteiger charge is -2.39. The molecule has 0 bridgehead atoms. The first-order valence-electron chi connectivity index (χ1n) is 9.39. The van der Waals surface area contributed by atoms with Crippen molar-refractivity contribution in [3.05, 3.63) is 58.3 Å². The average molecular weight is 450 g/mol. The molecule has 0 spiro atoms. The van der Waals surface area contributed by atoms with Crippen LogP contribution in [-0.4, -0.2) is 39.5 Å². The van der Waals surface area contributed by atoms with Gasteiger partial charge in [0.05, 0.1) is 18.7 Å². The lowest BCUT2D eigenvalue weighted by molar-refractivity contribution is 0.249. The summed E-state index contributed by atoms with van der Waals surface area (Å²) in [6.45, 7) is 7.39. The molecule has 0 amide bonds. The van der Waals surface area contributed by atoms with Crippen molar-refractivity contribution in [1.29, 1.82) is 0 Å². The standard InChI is InChI=1S/C21H25Cl2N5S/c1-14(2)21(12-26-15(3)24)20(29-19-9-17(22)8-18(23)10-19)28(13-27-21)11-16-4-6-25-7-5-16/h4-10,13-14,20H,11-12H2,1-3H3,(H2,24,26). The van der Waals surface area contributed by atoms with Gasteiger partial charge in [0, 0.05) is 33.9 Å². The number of hydrogen-bond acceptors (Lipinski definition) is 5. The molecule has 1 aliphatic heterocycles. The van der Waals surface area contributed by atoms with Gasteiger partial charge in [0.1, 0.15) is 10.9 Å². The summed E-state index contributed by atoms with van der Waals surface area (Å²) in [5.41, 5.74) is 6.60. The molecule has 5 nitrogen and oxygen atoms in total. The fourth-order valence-corrected chi connectivity index (χ4v) is 5.48. The van der Waals surface area contributed by atoms with E-state index in [9.17, 15) is 0 Å². The molecule has 0 fully saturated rings. The van der Waals surface area contributed by atoms with Gasteiger partial charge in [-0.15, -0.1) is 0 Å². The van der Waals surface area contributed by atoms with Crippen LogP contribution >= 0.6 is 35.0 Å². The molecule has 2 heterocycles. The molecule has 0 radical (unpaired) electrons. The monoisotopic (exact) mass is 449 g/mol. The fourth-order valence-electron chi connectivity index (χ4n) is 3.30. The maximum atomic E-state index is 6.25. The number of rotatable bonds is 7. The van der Waals surface area contributed by atoms with E-state index in [4.69, 9.17) is 33.9 Å². The van der Waals surface area contributed by atoms with Gasteiger partial charge in [-0.1, -0.05) is 48.8 Å². The number of aromatic nitrogens is 1. The number of halogens is 2. The third kappa shape index (κ3) is 5.24. The maximum absolute atomic E-state index is 6.25. The number of thioether (sulfide) groups is 1. The maximum Gasteiger partial charge on any atom is 0.114 e. The first kappa shape index (κ1) is 21.9. The Bertz CT molecular complexity index is 879. The zero-order chi connectivity index (χ0) is 21.0. The smallest absolute Gasteiger partial charge is 0.114 e. The van der Waals surface area contributed by atoms with E-state index in [1.165, 1.54) is 5.56 Å². The second kappa shape index (κ2) is 9.37. The summed E-state index contributed by atoms with van der Waals surface area (Å²) >= 11 is 14.2. The molecule has 2 aromatic rings. The molecule has 0 aliphatic carbocycles. The van der Waals surface area contributed by atoms with E-state index >= 15 is 0 Å². The van der Waals surface area contributed by atoms with Crippen molar-refractivity contribution >= 4 is 47.1 Å². The van der Waals surface area contributed by atoms with Gasteiger partial charge in [-0.05, 0) is 48.7 Å². The number of nitrogens with two attached hydrogens (primary N) is 1. The van der Waals surface area contributed by atoms with Crippen LogP contribution in [0.2, 0.25) is 10.0 Å². The van der Waals surface area contributed by atoms with Gasteiger partial charge in [0.25, 0.3) is 0 Å². The highest BCUT2D eigenvalue weighted by molar-refractivity contribution is 8.00. The minimum Gasteiger partial charge on any atom is -0.388 e. The number of pyridine rings is 1. The Morgan fingerprint density at radius 3 is 2.48 bits per heavy atom. The van der Waals surface area contributed by atoms with Crippen LogP contribution in [0.3, 0.4) is 0 Å². The van der Waals surface area contributed by atoms with E-state index in [0.29, 0.717) is 22.4 Å². The minimum absolute atomic E-state index is 0.00768. The van der Waals surface area contributed by atoms with Crippen LogP contribution in [0.5, 0.6) is 0 Å². The van der Waals surface area contributed by atoms with Crippen LogP contribution in [0.1, 0.15) is 26.3 Å². The van der Waals surface area contributed by atoms with Crippen LogP contribution < -0.4 is 5.73 Å². The van der Waals surface area contributed by atoms with Crippen molar-refractivity contribution in [3.63, 3.8) is 0 Å². The Morgan fingerprint density at radius 2 is 1.90 bits per heavy atom. The molecule has 3 rings (SSSR count). The summed E-state index contributed by atoms with van der Waals surface area (Å²) in [6.07, 6.45) is 5.55. The minimum atomic E-state index is -0.423. The number of amidine groups is 1. The molecule has 1 aromatic heterocycles. The van der Waals surface area contributed by atoms with Gasteiger partial charge in [-0.2, -0.15) is 0 Å². The van der Waals surface area contributed by atoms with E-state index in [0.717, 1.165) is 11.4 Å². The second-order valence-corrected chi connectivity index (χ2v) is 9.48. The van der Waals surface area contributed by atoms with Gasteiger partial charge >= 0.3 is 0 Å². The Labute approximate surface area is 186 Å². The van der Waals surface area contributed by atoms with Crippen LogP contribution in [-0.2, 0) is 6.54 Å². The lowest BCUT2D eigenvalue weighted by atomic mass is 9.87. The van der Waals surface area contributed by atoms with Crippen molar-refractivity contribution in [3.8, 4) is 0 Å². The molecule has 2 N–H and O–H groups in total. The van der Waals surface area contributed by atoms with E-state index in [1.807, 2.05) is 30.6 Å².